The lowest BCUT2D eigenvalue weighted by atomic mass is 10.0. The Morgan fingerprint density at radius 1 is 1.08 bits per heavy atom. The van der Waals surface area contributed by atoms with Gasteiger partial charge in [-0.05, 0) is 54.3 Å². The standard InChI is InChI=1S/C26H25FN4O5/c1-2-18(32)13-29-26(35)23-24(33)21-20(22(31-23)25(34)30-14-19-4-3-9-36-19)11-16(12-28-21)10-15-5-7-17(27)8-6-15/h3-9,11-12,18,32-33H,2,10,13-14H2,1H3,(H,29,35)(H,30,34). The van der Waals surface area contributed by atoms with Gasteiger partial charge in [0.25, 0.3) is 11.8 Å². The molecule has 0 aliphatic heterocycles. The predicted molar refractivity (Wildman–Crippen MR) is 129 cm³/mol. The SMILES string of the molecule is CCC(O)CNC(=O)c1nc(C(=O)NCc2ccco2)c2cc(Cc3ccc(F)cc3)cnc2c1O. The Morgan fingerprint density at radius 2 is 1.83 bits per heavy atom. The molecule has 0 aliphatic carbocycles. The zero-order valence-electron chi connectivity index (χ0n) is 19.5. The molecule has 4 N–H and O–H groups in total. The molecule has 3 aromatic heterocycles. The first-order chi connectivity index (χ1) is 17.4. The summed E-state index contributed by atoms with van der Waals surface area (Å²) in [4.78, 5) is 34.4. The van der Waals surface area contributed by atoms with Crippen molar-refractivity contribution in [2.75, 3.05) is 6.54 Å². The van der Waals surface area contributed by atoms with Crippen molar-refractivity contribution >= 4 is 22.7 Å². The van der Waals surface area contributed by atoms with Crippen LogP contribution in [0.5, 0.6) is 5.75 Å². The van der Waals surface area contributed by atoms with Gasteiger partial charge >= 0.3 is 0 Å². The number of aliphatic hydroxyl groups is 1. The maximum atomic E-state index is 13.3. The van der Waals surface area contributed by atoms with Crippen molar-refractivity contribution in [3.05, 3.63) is 89.0 Å². The molecular formula is C26H25FN4O5. The summed E-state index contributed by atoms with van der Waals surface area (Å²) in [5.74, 6) is -1.66. The molecule has 3 heterocycles. The van der Waals surface area contributed by atoms with Crippen LogP contribution in [0.2, 0.25) is 0 Å². The summed E-state index contributed by atoms with van der Waals surface area (Å²) in [5.41, 5.74) is 1.05. The number of nitrogens with zero attached hydrogens (tertiary/aromatic N) is 2. The number of fused-ring (bicyclic) bond motifs is 1. The quantitative estimate of drug-likeness (QED) is 0.282. The molecular weight excluding hydrogens is 467 g/mol. The minimum Gasteiger partial charge on any atom is -0.504 e. The Labute approximate surface area is 206 Å². The fraction of sp³-hybridized carbons (Fsp3) is 0.231. The summed E-state index contributed by atoms with van der Waals surface area (Å²) < 4.78 is 18.5. The van der Waals surface area contributed by atoms with Crippen molar-refractivity contribution < 1.29 is 28.6 Å². The highest BCUT2D eigenvalue weighted by molar-refractivity contribution is 6.09. The Hall–Kier alpha value is -4.31. The van der Waals surface area contributed by atoms with Gasteiger partial charge in [-0.2, -0.15) is 0 Å². The molecule has 36 heavy (non-hydrogen) atoms. The van der Waals surface area contributed by atoms with Crippen LogP contribution in [0.1, 0.15) is 51.2 Å². The number of amides is 2. The molecule has 0 spiro atoms. The molecule has 1 atom stereocenters. The Kier molecular flexibility index (Phi) is 7.55. The number of aliphatic hydroxyl groups excluding tert-OH is 1. The second kappa shape index (κ2) is 11.0. The lowest BCUT2D eigenvalue weighted by Gasteiger charge is -2.14. The van der Waals surface area contributed by atoms with E-state index in [1.54, 1.807) is 37.3 Å². The third-order valence-corrected chi connectivity index (χ3v) is 5.60. The van der Waals surface area contributed by atoms with Crippen LogP contribution >= 0.6 is 0 Å². The van der Waals surface area contributed by atoms with Crippen LogP contribution in [0.25, 0.3) is 10.9 Å². The molecule has 1 unspecified atom stereocenters. The minimum absolute atomic E-state index is 0.0252. The van der Waals surface area contributed by atoms with Gasteiger partial charge in [0.15, 0.2) is 11.4 Å². The number of aromatic nitrogens is 2. The van der Waals surface area contributed by atoms with E-state index in [0.29, 0.717) is 24.2 Å². The van der Waals surface area contributed by atoms with Crippen molar-refractivity contribution in [2.24, 2.45) is 0 Å². The average Bonchev–Trinajstić information content (AvgIpc) is 3.41. The van der Waals surface area contributed by atoms with E-state index in [2.05, 4.69) is 20.6 Å². The van der Waals surface area contributed by atoms with Gasteiger partial charge in [0.1, 0.15) is 22.8 Å². The predicted octanol–water partition coefficient (Wildman–Crippen LogP) is 3.09. The fourth-order valence-electron chi connectivity index (χ4n) is 3.58. The molecule has 1 aromatic carbocycles. The highest BCUT2D eigenvalue weighted by atomic mass is 19.1. The number of aromatic hydroxyl groups is 1. The number of carbonyl (C=O) groups excluding carboxylic acids is 2. The van der Waals surface area contributed by atoms with E-state index in [0.717, 1.165) is 5.56 Å². The highest BCUT2D eigenvalue weighted by Gasteiger charge is 2.24. The van der Waals surface area contributed by atoms with E-state index in [4.69, 9.17) is 4.42 Å². The van der Waals surface area contributed by atoms with Gasteiger partial charge in [-0.15, -0.1) is 0 Å². The number of hydrogen-bond acceptors (Lipinski definition) is 7. The van der Waals surface area contributed by atoms with Gasteiger partial charge in [0, 0.05) is 18.1 Å². The minimum atomic E-state index is -0.764. The van der Waals surface area contributed by atoms with Crippen LogP contribution in [0.3, 0.4) is 0 Å². The van der Waals surface area contributed by atoms with E-state index in [-0.39, 0.29) is 41.2 Å². The molecule has 0 saturated carbocycles. The molecule has 0 radical (unpaired) electrons. The van der Waals surface area contributed by atoms with E-state index >= 15 is 0 Å². The van der Waals surface area contributed by atoms with E-state index in [9.17, 15) is 24.2 Å². The molecule has 0 fully saturated rings. The van der Waals surface area contributed by atoms with Crippen molar-refractivity contribution in [3.8, 4) is 5.75 Å². The van der Waals surface area contributed by atoms with Crippen molar-refractivity contribution in [3.63, 3.8) is 0 Å². The maximum absolute atomic E-state index is 13.3. The van der Waals surface area contributed by atoms with E-state index < -0.39 is 23.7 Å². The van der Waals surface area contributed by atoms with Gasteiger partial charge in [0.2, 0.25) is 0 Å². The molecule has 0 saturated heterocycles. The van der Waals surface area contributed by atoms with Crippen LogP contribution in [0.15, 0.2) is 59.3 Å². The number of carbonyl (C=O) groups is 2. The molecule has 4 aromatic rings. The first kappa shape index (κ1) is 24.8. The van der Waals surface area contributed by atoms with Crippen molar-refractivity contribution in [1.82, 2.24) is 20.6 Å². The molecule has 0 aliphatic rings. The molecule has 4 rings (SSSR count). The number of nitrogens with one attached hydrogen (secondary N) is 2. The Balaban J connectivity index is 1.72. The molecule has 10 heteroatoms. The topological polar surface area (TPSA) is 138 Å². The zero-order valence-corrected chi connectivity index (χ0v) is 19.5. The van der Waals surface area contributed by atoms with Gasteiger partial charge in [-0.25, -0.2) is 9.37 Å². The van der Waals surface area contributed by atoms with E-state index in [1.165, 1.54) is 24.6 Å². The summed E-state index contributed by atoms with van der Waals surface area (Å²) in [6.45, 7) is 1.80. The molecule has 0 bridgehead atoms. The zero-order chi connectivity index (χ0) is 25.7. The van der Waals surface area contributed by atoms with Gasteiger partial charge in [0.05, 0.1) is 18.9 Å². The molecule has 186 valence electrons. The monoisotopic (exact) mass is 492 g/mol. The number of benzene rings is 1. The summed E-state index contributed by atoms with van der Waals surface area (Å²) in [6.07, 6.45) is 3.05. The van der Waals surface area contributed by atoms with Crippen molar-refractivity contribution in [2.45, 2.75) is 32.4 Å². The largest absolute Gasteiger partial charge is 0.504 e. The van der Waals surface area contributed by atoms with Crippen LogP contribution in [0, 0.1) is 5.82 Å². The lowest BCUT2D eigenvalue weighted by Crippen LogP contribution is -2.33. The summed E-state index contributed by atoms with van der Waals surface area (Å²) in [7, 11) is 0. The third-order valence-electron chi connectivity index (χ3n) is 5.60. The third kappa shape index (κ3) is 5.66. The summed E-state index contributed by atoms with van der Waals surface area (Å²) in [6, 6.07) is 11.0. The number of rotatable bonds is 9. The Morgan fingerprint density at radius 3 is 2.53 bits per heavy atom. The van der Waals surface area contributed by atoms with Gasteiger partial charge in [-0.3, -0.25) is 14.6 Å². The first-order valence-corrected chi connectivity index (χ1v) is 11.4. The van der Waals surface area contributed by atoms with Crippen LogP contribution in [0.4, 0.5) is 4.39 Å². The summed E-state index contributed by atoms with van der Waals surface area (Å²) in [5, 5.41) is 26.0. The second-order valence-corrected chi connectivity index (χ2v) is 8.23. The number of pyridine rings is 2. The summed E-state index contributed by atoms with van der Waals surface area (Å²) >= 11 is 0. The van der Waals surface area contributed by atoms with Crippen LogP contribution in [-0.4, -0.2) is 44.6 Å². The molecule has 2 amide bonds. The number of hydrogen-bond donors (Lipinski definition) is 4. The number of halogens is 1. The first-order valence-electron chi connectivity index (χ1n) is 11.4. The van der Waals surface area contributed by atoms with Gasteiger partial charge < -0.3 is 25.3 Å². The average molecular weight is 493 g/mol. The normalized spacial score (nSPS) is 11.9. The van der Waals surface area contributed by atoms with E-state index in [1.807, 2.05) is 0 Å². The second-order valence-electron chi connectivity index (χ2n) is 8.23. The van der Waals surface area contributed by atoms with Crippen molar-refractivity contribution in [1.29, 1.82) is 0 Å². The highest BCUT2D eigenvalue weighted by Crippen LogP contribution is 2.29. The van der Waals surface area contributed by atoms with Crippen LogP contribution < -0.4 is 10.6 Å². The van der Waals surface area contributed by atoms with Gasteiger partial charge in [-0.1, -0.05) is 19.1 Å². The fourth-order valence-corrected chi connectivity index (χ4v) is 3.58. The maximum Gasteiger partial charge on any atom is 0.273 e. The lowest BCUT2D eigenvalue weighted by molar-refractivity contribution is 0.0905. The molecule has 9 nitrogen and oxygen atoms in total. The van der Waals surface area contributed by atoms with Crippen LogP contribution in [-0.2, 0) is 13.0 Å². The Bertz CT molecular complexity index is 1370. The smallest absolute Gasteiger partial charge is 0.273 e. The number of furan rings is 1.